The Morgan fingerprint density at radius 2 is 1.90 bits per heavy atom. The normalized spacial score (nSPS) is 18.3. The Kier molecular flexibility index (Phi) is 4.53. The average molecular weight is 303 g/mol. The summed E-state index contributed by atoms with van der Waals surface area (Å²) in [5, 5.41) is 12.6. The second kappa shape index (κ2) is 6.03. The third kappa shape index (κ3) is 3.95. The molecule has 0 aliphatic carbocycles. The average Bonchev–Trinajstić information content (AvgIpc) is 2.45. The van der Waals surface area contributed by atoms with Gasteiger partial charge in [0.2, 0.25) is 0 Å². The number of hydrogen-bond donors (Lipinski definition) is 2. The van der Waals surface area contributed by atoms with Gasteiger partial charge in [-0.3, -0.25) is 4.79 Å². The van der Waals surface area contributed by atoms with Gasteiger partial charge in [-0.25, -0.2) is 0 Å². The van der Waals surface area contributed by atoms with Crippen molar-refractivity contribution in [3.8, 4) is 0 Å². The Labute approximate surface area is 119 Å². The quantitative estimate of drug-likeness (QED) is 0.897. The zero-order valence-corrected chi connectivity index (χ0v) is 11.2. The molecule has 0 unspecified atom stereocenters. The smallest absolute Gasteiger partial charge is 0.388 e. The number of benzene rings is 1. The highest BCUT2D eigenvalue weighted by Crippen LogP contribution is 2.31. The molecule has 1 aliphatic rings. The lowest BCUT2D eigenvalue weighted by molar-refractivity contribution is -0.137. The second-order valence-corrected chi connectivity index (χ2v) is 5.06. The van der Waals surface area contributed by atoms with E-state index in [4.69, 9.17) is 4.74 Å². The molecule has 0 aromatic heterocycles. The van der Waals surface area contributed by atoms with Crippen LogP contribution in [0.2, 0.25) is 0 Å². The topological polar surface area (TPSA) is 58.6 Å². The van der Waals surface area contributed by atoms with Crippen LogP contribution < -0.4 is 5.32 Å². The third-order valence-electron chi connectivity index (χ3n) is 3.48. The Hall–Kier alpha value is -1.60. The highest BCUT2D eigenvalue weighted by atomic mass is 19.4. The molecule has 116 valence electrons. The Morgan fingerprint density at radius 1 is 1.29 bits per heavy atom. The van der Waals surface area contributed by atoms with E-state index in [-0.39, 0.29) is 6.54 Å². The fraction of sp³-hybridized carbons (Fsp3) is 0.500. The number of amides is 1. The van der Waals surface area contributed by atoms with Crippen molar-refractivity contribution in [3.05, 3.63) is 35.4 Å². The molecule has 1 amide bonds. The van der Waals surface area contributed by atoms with Gasteiger partial charge >= 0.3 is 6.18 Å². The number of rotatable bonds is 3. The van der Waals surface area contributed by atoms with Crippen molar-refractivity contribution in [1.29, 1.82) is 0 Å². The first kappa shape index (κ1) is 15.8. The predicted octanol–water partition coefficient (Wildman–Crippen LogP) is 1.98. The van der Waals surface area contributed by atoms with Gasteiger partial charge in [-0.05, 0) is 12.1 Å². The molecule has 0 spiro atoms. The summed E-state index contributed by atoms with van der Waals surface area (Å²) in [7, 11) is 0. The summed E-state index contributed by atoms with van der Waals surface area (Å²) in [4.78, 5) is 11.9. The van der Waals surface area contributed by atoms with Gasteiger partial charge in [-0.2, -0.15) is 13.2 Å². The van der Waals surface area contributed by atoms with Gasteiger partial charge in [-0.15, -0.1) is 0 Å². The molecule has 1 saturated heterocycles. The predicted molar refractivity (Wildman–Crippen MR) is 68.8 cm³/mol. The van der Waals surface area contributed by atoms with Crippen molar-refractivity contribution in [1.82, 2.24) is 5.32 Å². The summed E-state index contributed by atoms with van der Waals surface area (Å²) in [6.45, 7) is 0.637. The van der Waals surface area contributed by atoms with Crippen molar-refractivity contribution in [2.24, 2.45) is 0 Å². The van der Waals surface area contributed by atoms with Gasteiger partial charge in [0.05, 0.1) is 16.7 Å². The van der Waals surface area contributed by atoms with E-state index in [2.05, 4.69) is 5.32 Å². The van der Waals surface area contributed by atoms with E-state index in [0.29, 0.717) is 26.1 Å². The zero-order chi connectivity index (χ0) is 15.5. The number of alkyl halides is 3. The summed E-state index contributed by atoms with van der Waals surface area (Å²) < 4.78 is 43.6. The van der Waals surface area contributed by atoms with Gasteiger partial charge in [0.25, 0.3) is 5.91 Å². The van der Waals surface area contributed by atoms with Crippen LogP contribution in [0.4, 0.5) is 13.2 Å². The highest BCUT2D eigenvalue weighted by Gasteiger charge is 2.36. The molecular weight excluding hydrogens is 287 g/mol. The molecular formula is C14H16F3NO3. The summed E-state index contributed by atoms with van der Waals surface area (Å²) in [5.74, 6) is -0.845. The monoisotopic (exact) mass is 303 g/mol. The van der Waals surface area contributed by atoms with E-state index < -0.39 is 28.8 Å². The molecule has 1 aromatic rings. The maximum atomic E-state index is 12.8. The molecule has 0 atom stereocenters. The minimum atomic E-state index is -4.59. The lowest BCUT2D eigenvalue weighted by Gasteiger charge is -2.32. The number of carbonyl (C=O) groups excluding carboxylic acids is 1. The van der Waals surface area contributed by atoms with Gasteiger partial charge in [-0.1, -0.05) is 12.1 Å². The van der Waals surface area contributed by atoms with Crippen LogP contribution in [-0.2, 0) is 10.9 Å². The van der Waals surface area contributed by atoms with E-state index in [1.807, 2.05) is 0 Å². The second-order valence-electron chi connectivity index (χ2n) is 5.06. The summed E-state index contributed by atoms with van der Waals surface area (Å²) in [6, 6.07) is 4.57. The van der Waals surface area contributed by atoms with E-state index in [1.165, 1.54) is 12.1 Å². The molecule has 0 bridgehead atoms. The van der Waals surface area contributed by atoms with Crippen LogP contribution in [-0.4, -0.2) is 36.4 Å². The number of carbonyl (C=O) groups is 1. The minimum absolute atomic E-state index is 0.0958. The van der Waals surface area contributed by atoms with Crippen LogP contribution in [0.3, 0.4) is 0 Å². The van der Waals surface area contributed by atoms with Crippen LogP contribution >= 0.6 is 0 Å². The van der Waals surface area contributed by atoms with E-state index in [9.17, 15) is 23.1 Å². The van der Waals surface area contributed by atoms with E-state index >= 15 is 0 Å². The van der Waals surface area contributed by atoms with Gasteiger partial charge in [0, 0.05) is 32.6 Å². The van der Waals surface area contributed by atoms with Gasteiger partial charge in [0.1, 0.15) is 0 Å². The van der Waals surface area contributed by atoms with E-state index in [0.717, 1.165) is 12.1 Å². The highest BCUT2D eigenvalue weighted by molar-refractivity contribution is 5.95. The van der Waals surface area contributed by atoms with Crippen LogP contribution in [0.15, 0.2) is 24.3 Å². The molecule has 4 nitrogen and oxygen atoms in total. The zero-order valence-electron chi connectivity index (χ0n) is 11.2. The molecule has 1 fully saturated rings. The van der Waals surface area contributed by atoms with E-state index in [1.54, 1.807) is 0 Å². The maximum Gasteiger partial charge on any atom is 0.417 e. The minimum Gasteiger partial charge on any atom is -0.388 e. The molecule has 2 N–H and O–H groups in total. The lowest BCUT2D eigenvalue weighted by Crippen LogP contribution is -2.46. The number of aliphatic hydroxyl groups is 1. The fourth-order valence-electron chi connectivity index (χ4n) is 2.20. The van der Waals surface area contributed by atoms with Crippen LogP contribution in [0, 0.1) is 0 Å². The molecule has 1 heterocycles. The fourth-order valence-corrected chi connectivity index (χ4v) is 2.20. The molecule has 1 aromatic carbocycles. The molecule has 1 aliphatic heterocycles. The molecule has 7 heteroatoms. The largest absolute Gasteiger partial charge is 0.417 e. The number of nitrogens with one attached hydrogen (secondary N) is 1. The van der Waals surface area contributed by atoms with Crippen molar-refractivity contribution in [3.63, 3.8) is 0 Å². The standard InChI is InChI=1S/C14H16F3NO3/c15-14(16,17)11-4-2-1-3-10(11)12(19)18-9-13(20)5-7-21-8-6-13/h1-4,20H,5-9H2,(H,18,19). The maximum absolute atomic E-state index is 12.8. The molecule has 21 heavy (non-hydrogen) atoms. The van der Waals surface area contributed by atoms with Crippen LogP contribution in [0.1, 0.15) is 28.8 Å². The van der Waals surface area contributed by atoms with Gasteiger partial charge in [0.15, 0.2) is 0 Å². The lowest BCUT2D eigenvalue weighted by atomic mass is 9.94. The SMILES string of the molecule is O=C(NCC1(O)CCOCC1)c1ccccc1C(F)(F)F. The summed E-state index contributed by atoms with van der Waals surface area (Å²) in [6.07, 6.45) is -3.91. The first-order valence-electron chi connectivity index (χ1n) is 6.56. The summed E-state index contributed by atoms with van der Waals surface area (Å²) >= 11 is 0. The Morgan fingerprint density at radius 3 is 2.52 bits per heavy atom. The third-order valence-corrected chi connectivity index (χ3v) is 3.48. The number of halogens is 3. The van der Waals surface area contributed by atoms with Crippen molar-refractivity contribution >= 4 is 5.91 Å². The first-order valence-corrected chi connectivity index (χ1v) is 6.56. The first-order chi connectivity index (χ1) is 9.82. The Balaban J connectivity index is 2.07. The van der Waals surface area contributed by atoms with Crippen LogP contribution in [0.5, 0.6) is 0 Å². The van der Waals surface area contributed by atoms with Crippen molar-refractivity contribution < 1.29 is 27.8 Å². The molecule has 2 rings (SSSR count). The Bertz CT molecular complexity index is 510. The molecule has 0 saturated carbocycles. The number of hydrogen-bond acceptors (Lipinski definition) is 3. The van der Waals surface area contributed by atoms with Crippen molar-refractivity contribution in [2.75, 3.05) is 19.8 Å². The van der Waals surface area contributed by atoms with Crippen molar-refractivity contribution in [2.45, 2.75) is 24.6 Å². The summed E-state index contributed by atoms with van der Waals surface area (Å²) in [5.41, 5.74) is -2.55. The number of ether oxygens (including phenoxy) is 1. The molecule has 0 radical (unpaired) electrons. The van der Waals surface area contributed by atoms with Gasteiger partial charge < -0.3 is 15.2 Å². The van der Waals surface area contributed by atoms with Crippen LogP contribution in [0.25, 0.3) is 0 Å².